The second-order valence-electron chi connectivity index (χ2n) is 2.92. The molecule has 0 heterocycles. The fourth-order valence-electron chi connectivity index (χ4n) is 0.663. The van der Waals surface area contributed by atoms with Crippen LogP contribution in [0.25, 0.3) is 0 Å². The SMILES string of the molecule is CS(=O)(=O)CS(=O)(=O)NCCS(N)(=O)=O. The minimum atomic E-state index is -4.02. The first-order valence-corrected chi connectivity index (χ1v) is 9.00. The first kappa shape index (κ1) is 14.8. The second kappa shape index (κ2) is 4.74. The van der Waals surface area contributed by atoms with E-state index >= 15 is 0 Å². The van der Waals surface area contributed by atoms with Crippen LogP contribution in [0.5, 0.6) is 0 Å². The number of nitrogens with one attached hydrogen (secondary N) is 1. The summed E-state index contributed by atoms with van der Waals surface area (Å²) in [5.74, 6) is -0.587. The van der Waals surface area contributed by atoms with Crippen molar-refractivity contribution in [3.8, 4) is 0 Å². The molecule has 0 aliphatic heterocycles. The summed E-state index contributed by atoms with van der Waals surface area (Å²) in [6, 6.07) is 0. The summed E-state index contributed by atoms with van der Waals surface area (Å²) in [7, 11) is -11.5. The maximum atomic E-state index is 11.0. The lowest BCUT2D eigenvalue weighted by atomic mass is 10.8. The third-order valence-corrected chi connectivity index (χ3v) is 5.45. The number of hydrogen-bond donors (Lipinski definition) is 2. The van der Waals surface area contributed by atoms with Gasteiger partial charge in [0.2, 0.25) is 20.0 Å². The molecule has 8 nitrogen and oxygen atoms in total. The molecule has 11 heteroatoms. The van der Waals surface area contributed by atoms with Gasteiger partial charge in [-0.25, -0.2) is 35.1 Å². The number of rotatable bonds is 6. The van der Waals surface area contributed by atoms with E-state index < -0.39 is 47.3 Å². The van der Waals surface area contributed by atoms with Gasteiger partial charge in [0.1, 0.15) is 0 Å². The summed E-state index contributed by atoms with van der Waals surface area (Å²) in [6.45, 7) is -0.448. The molecule has 0 spiro atoms. The zero-order valence-electron chi connectivity index (χ0n) is 7.87. The maximum Gasteiger partial charge on any atom is 0.226 e. The van der Waals surface area contributed by atoms with Crippen molar-refractivity contribution in [1.29, 1.82) is 0 Å². The van der Waals surface area contributed by atoms with E-state index in [1.54, 1.807) is 4.72 Å². The van der Waals surface area contributed by atoms with E-state index in [4.69, 9.17) is 0 Å². The van der Waals surface area contributed by atoms with Gasteiger partial charge in [0.05, 0.1) is 5.75 Å². The lowest BCUT2D eigenvalue weighted by molar-refractivity contribution is 0.581. The summed E-state index contributed by atoms with van der Waals surface area (Å²) in [4.78, 5) is 0. The Bertz CT molecular complexity index is 501. The molecule has 3 N–H and O–H groups in total. The Labute approximate surface area is 88.9 Å². The molecule has 0 aliphatic carbocycles. The van der Waals surface area contributed by atoms with Crippen LogP contribution in [0.2, 0.25) is 0 Å². The number of sulfone groups is 1. The van der Waals surface area contributed by atoms with Gasteiger partial charge in [-0.05, 0) is 0 Å². The molecule has 92 valence electrons. The molecule has 0 rings (SSSR count). The normalized spacial score (nSPS) is 14.0. The van der Waals surface area contributed by atoms with Crippen molar-refractivity contribution < 1.29 is 25.3 Å². The summed E-state index contributed by atoms with van der Waals surface area (Å²) >= 11 is 0. The van der Waals surface area contributed by atoms with Crippen molar-refractivity contribution in [1.82, 2.24) is 4.72 Å². The van der Waals surface area contributed by atoms with Crippen molar-refractivity contribution in [3.05, 3.63) is 0 Å². The number of hydrogen-bond acceptors (Lipinski definition) is 6. The zero-order chi connectivity index (χ0) is 12.3. The molecule has 0 aromatic carbocycles. The third-order valence-electron chi connectivity index (χ3n) is 1.08. The van der Waals surface area contributed by atoms with E-state index in [0.29, 0.717) is 0 Å². The molecule has 0 aromatic rings. The van der Waals surface area contributed by atoms with Crippen molar-refractivity contribution in [2.75, 3.05) is 23.6 Å². The Morgan fingerprint density at radius 3 is 1.87 bits per heavy atom. The van der Waals surface area contributed by atoms with Crippen LogP contribution in [0, 0.1) is 0 Å². The molecule has 15 heavy (non-hydrogen) atoms. The van der Waals surface area contributed by atoms with Crippen LogP contribution in [0.15, 0.2) is 0 Å². The summed E-state index contributed by atoms with van der Waals surface area (Å²) in [6.07, 6.45) is 0.756. The fourth-order valence-corrected chi connectivity index (χ4v) is 4.18. The molecule has 0 bridgehead atoms. The Morgan fingerprint density at radius 1 is 1.07 bits per heavy atom. The van der Waals surface area contributed by atoms with Crippen molar-refractivity contribution in [2.24, 2.45) is 5.14 Å². The highest BCUT2D eigenvalue weighted by molar-refractivity contribution is 8.06. The third kappa shape index (κ3) is 10.1. The highest BCUT2D eigenvalue weighted by Crippen LogP contribution is 1.91. The molecular formula is C4H12N2O6S3. The molecule has 0 saturated carbocycles. The van der Waals surface area contributed by atoms with Gasteiger partial charge in [0.25, 0.3) is 0 Å². The molecule has 0 fully saturated rings. The van der Waals surface area contributed by atoms with Gasteiger partial charge in [0, 0.05) is 12.8 Å². The van der Waals surface area contributed by atoms with Crippen LogP contribution < -0.4 is 9.86 Å². The van der Waals surface area contributed by atoms with Gasteiger partial charge in [0.15, 0.2) is 14.9 Å². The van der Waals surface area contributed by atoms with E-state index in [2.05, 4.69) is 5.14 Å². The second-order valence-corrected chi connectivity index (χ2v) is 8.97. The lowest BCUT2D eigenvalue weighted by Gasteiger charge is -2.04. The summed E-state index contributed by atoms with van der Waals surface area (Å²) < 4.78 is 66.0. The molecular weight excluding hydrogens is 268 g/mol. The summed E-state index contributed by atoms with van der Waals surface area (Å²) in [5.41, 5.74) is 0. The predicted molar refractivity (Wildman–Crippen MR) is 54.6 cm³/mol. The maximum absolute atomic E-state index is 11.0. The van der Waals surface area contributed by atoms with Crippen molar-refractivity contribution >= 4 is 29.9 Å². The Morgan fingerprint density at radius 2 is 1.53 bits per heavy atom. The van der Waals surface area contributed by atoms with Gasteiger partial charge in [-0.15, -0.1) is 0 Å². The minimum Gasteiger partial charge on any atom is -0.229 e. The highest BCUT2D eigenvalue weighted by atomic mass is 32.3. The predicted octanol–water partition coefficient (Wildman–Crippen LogP) is -2.80. The van der Waals surface area contributed by atoms with Gasteiger partial charge in [-0.2, -0.15) is 0 Å². The Balaban J connectivity index is 4.32. The quantitative estimate of drug-likeness (QED) is 0.538. The largest absolute Gasteiger partial charge is 0.229 e. The molecule has 0 aliphatic rings. The Kier molecular flexibility index (Phi) is 4.67. The average Bonchev–Trinajstić information content (AvgIpc) is 1.75. The Hall–Kier alpha value is -0.230. The van der Waals surface area contributed by atoms with Crippen LogP contribution in [-0.2, 0) is 29.9 Å². The smallest absolute Gasteiger partial charge is 0.226 e. The summed E-state index contributed by atoms with van der Waals surface area (Å²) in [5, 5.41) is 3.53. The number of nitrogens with two attached hydrogens (primary N) is 1. The lowest BCUT2D eigenvalue weighted by Crippen LogP contribution is -2.34. The topological polar surface area (TPSA) is 140 Å². The minimum absolute atomic E-state index is 0.448. The molecule has 0 atom stereocenters. The van der Waals surface area contributed by atoms with Crippen LogP contribution in [-0.4, -0.2) is 48.9 Å². The van der Waals surface area contributed by atoms with E-state index in [9.17, 15) is 25.3 Å². The van der Waals surface area contributed by atoms with Crippen molar-refractivity contribution in [3.63, 3.8) is 0 Å². The fraction of sp³-hybridized carbons (Fsp3) is 1.00. The van der Waals surface area contributed by atoms with E-state index in [0.717, 1.165) is 6.26 Å². The van der Waals surface area contributed by atoms with E-state index in [1.807, 2.05) is 0 Å². The first-order chi connectivity index (χ1) is 6.41. The van der Waals surface area contributed by atoms with Crippen LogP contribution in [0.4, 0.5) is 0 Å². The van der Waals surface area contributed by atoms with Crippen LogP contribution >= 0.6 is 0 Å². The zero-order valence-corrected chi connectivity index (χ0v) is 10.3. The van der Waals surface area contributed by atoms with Gasteiger partial charge in [-0.3, -0.25) is 0 Å². The van der Waals surface area contributed by atoms with Crippen LogP contribution in [0.3, 0.4) is 0 Å². The number of primary sulfonamides is 1. The number of sulfonamides is 2. The standard InChI is InChI=1S/C4H12N2O6S3/c1-13(7,8)4-15(11,12)6-2-3-14(5,9)10/h6H,2-4H2,1H3,(H2,5,9,10). The van der Waals surface area contributed by atoms with Crippen molar-refractivity contribution in [2.45, 2.75) is 0 Å². The van der Waals surface area contributed by atoms with E-state index in [-0.39, 0.29) is 0 Å². The molecule has 0 radical (unpaired) electrons. The van der Waals surface area contributed by atoms with Gasteiger partial charge < -0.3 is 0 Å². The van der Waals surface area contributed by atoms with Gasteiger partial charge >= 0.3 is 0 Å². The molecule has 0 aromatic heterocycles. The average molecular weight is 280 g/mol. The molecule has 0 saturated heterocycles. The molecule has 0 unspecified atom stereocenters. The van der Waals surface area contributed by atoms with Crippen LogP contribution in [0.1, 0.15) is 0 Å². The highest BCUT2D eigenvalue weighted by Gasteiger charge is 2.18. The molecule has 0 amide bonds. The monoisotopic (exact) mass is 280 g/mol. The first-order valence-electron chi connectivity index (χ1n) is 3.57. The van der Waals surface area contributed by atoms with E-state index in [1.165, 1.54) is 0 Å². The van der Waals surface area contributed by atoms with Gasteiger partial charge in [-0.1, -0.05) is 0 Å².